The highest BCUT2D eigenvalue weighted by Crippen LogP contribution is 2.29. The van der Waals surface area contributed by atoms with Crippen molar-refractivity contribution in [3.8, 4) is 17.6 Å². The Labute approximate surface area is 193 Å². The number of hydrogen-bond donors (Lipinski definition) is 2. The quantitative estimate of drug-likeness (QED) is 0.486. The van der Waals surface area contributed by atoms with Gasteiger partial charge in [-0.3, -0.25) is 9.59 Å². The number of hydrogen-bond acceptors (Lipinski definition) is 4. The number of nitrogens with zero attached hydrogens (tertiary/aromatic N) is 1. The predicted molar refractivity (Wildman–Crippen MR) is 116 cm³/mol. The molecule has 0 saturated carbocycles. The Morgan fingerprint density at radius 1 is 0.971 bits per heavy atom. The van der Waals surface area contributed by atoms with Gasteiger partial charge in [0.15, 0.2) is 0 Å². The number of ether oxygens (including phenoxy) is 1. The van der Waals surface area contributed by atoms with Crippen molar-refractivity contribution in [3.63, 3.8) is 0 Å². The third-order valence-electron chi connectivity index (χ3n) is 4.84. The van der Waals surface area contributed by atoms with Gasteiger partial charge in [-0.15, -0.1) is 0 Å². The van der Waals surface area contributed by atoms with E-state index in [2.05, 4.69) is 5.32 Å². The number of rotatable bonds is 8. The van der Waals surface area contributed by atoms with Gasteiger partial charge in [0.2, 0.25) is 0 Å². The molecule has 0 aromatic heterocycles. The molecule has 3 rings (SSSR count). The Morgan fingerprint density at radius 3 is 2.21 bits per heavy atom. The molecule has 0 fully saturated rings. The van der Waals surface area contributed by atoms with Crippen LogP contribution in [0.2, 0.25) is 0 Å². The molecule has 174 valence electrons. The van der Waals surface area contributed by atoms with E-state index in [4.69, 9.17) is 9.84 Å². The topological polar surface area (TPSA) is 99.4 Å². The zero-order valence-electron chi connectivity index (χ0n) is 17.7. The summed E-state index contributed by atoms with van der Waals surface area (Å²) in [6, 6.07) is 17.4. The molecule has 0 aliphatic rings. The van der Waals surface area contributed by atoms with Crippen LogP contribution in [0.1, 0.15) is 32.6 Å². The molecule has 0 bridgehead atoms. The first-order valence-electron chi connectivity index (χ1n) is 10.1. The van der Waals surface area contributed by atoms with Crippen molar-refractivity contribution in [1.82, 2.24) is 5.32 Å². The standard InChI is InChI=1S/C25H19F3N2O4/c26-25(27,28)20-6-1-16(2-7-20)11-12-30-24(33)18-4-8-21(9-5-18)34-22-10-3-17(14-23(31)32)13-19(22)15-29/h1-10,13H,11-12,14H2,(H,30,33)(H,31,32). The Morgan fingerprint density at radius 2 is 1.62 bits per heavy atom. The molecular formula is C25H19F3N2O4. The number of carboxylic acid groups (broad SMARTS) is 1. The van der Waals surface area contributed by atoms with Crippen LogP contribution in [-0.4, -0.2) is 23.5 Å². The van der Waals surface area contributed by atoms with Crippen LogP contribution in [0, 0.1) is 11.3 Å². The van der Waals surface area contributed by atoms with E-state index >= 15 is 0 Å². The Hall–Kier alpha value is -4.32. The SMILES string of the molecule is N#Cc1cc(CC(=O)O)ccc1Oc1ccc(C(=O)NCCc2ccc(C(F)(F)F)cc2)cc1. The average molecular weight is 468 g/mol. The summed E-state index contributed by atoms with van der Waals surface area (Å²) in [6.07, 6.45) is -4.22. The monoisotopic (exact) mass is 468 g/mol. The van der Waals surface area contributed by atoms with Crippen molar-refractivity contribution < 1.29 is 32.6 Å². The van der Waals surface area contributed by atoms with Crippen molar-refractivity contribution in [2.45, 2.75) is 19.0 Å². The van der Waals surface area contributed by atoms with Crippen LogP contribution in [0.15, 0.2) is 66.7 Å². The van der Waals surface area contributed by atoms with Crippen LogP contribution in [-0.2, 0) is 23.8 Å². The second-order valence-electron chi connectivity index (χ2n) is 7.34. The summed E-state index contributed by atoms with van der Waals surface area (Å²) in [7, 11) is 0. The summed E-state index contributed by atoms with van der Waals surface area (Å²) >= 11 is 0. The van der Waals surface area contributed by atoms with E-state index in [1.54, 1.807) is 18.2 Å². The van der Waals surface area contributed by atoms with Gasteiger partial charge in [0, 0.05) is 12.1 Å². The lowest BCUT2D eigenvalue weighted by Gasteiger charge is -2.10. The fourth-order valence-electron chi connectivity index (χ4n) is 3.12. The molecule has 1 amide bonds. The van der Waals surface area contributed by atoms with Gasteiger partial charge < -0.3 is 15.2 Å². The maximum atomic E-state index is 12.6. The normalized spacial score (nSPS) is 10.9. The first kappa shape index (κ1) is 24.3. The highest BCUT2D eigenvalue weighted by atomic mass is 19.4. The van der Waals surface area contributed by atoms with Crippen LogP contribution in [0.5, 0.6) is 11.5 Å². The number of aliphatic carboxylic acids is 1. The zero-order chi connectivity index (χ0) is 24.7. The number of carbonyl (C=O) groups is 2. The van der Waals surface area contributed by atoms with Crippen LogP contribution in [0.3, 0.4) is 0 Å². The van der Waals surface area contributed by atoms with Crippen molar-refractivity contribution in [2.24, 2.45) is 0 Å². The minimum absolute atomic E-state index is 0.184. The Kier molecular flexibility index (Phi) is 7.53. The van der Waals surface area contributed by atoms with Gasteiger partial charge in [0.1, 0.15) is 17.6 Å². The van der Waals surface area contributed by atoms with E-state index in [-0.39, 0.29) is 30.2 Å². The fourth-order valence-corrected chi connectivity index (χ4v) is 3.12. The van der Waals surface area contributed by atoms with Crippen molar-refractivity contribution in [1.29, 1.82) is 5.26 Å². The number of nitrogens with one attached hydrogen (secondary N) is 1. The van der Waals surface area contributed by atoms with Gasteiger partial charge in [-0.05, 0) is 66.1 Å². The van der Waals surface area contributed by atoms with Crippen LogP contribution in [0.4, 0.5) is 13.2 Å². The minimum atomic E-state index is -4.39. The van der Waals surface area contributed by atoms with Gasteiger partial charge in [0.25, 0.3) is 5.91 Å². The molecule has 0 unspecified atom stereocenters. The van der Waals surface area contributed by atoms with E-state index in [1.165, 1.54) is 36.4 Å². The number of carboxylic acids is 1. The lowest BCUT2D eigenvalue weighted by Crippen LogP contribution is -2.25. The molecule has 0 aliphatic carbocycles. The van der Waals surface area contributed by atoms with Crippen molar-refractivity contribution in [3.05, 3.63) is 94.5 Å². The lowest BCUT2D eigenvalue weighted by molar-refractivity contribution is -0.138. The van der Waals surface area contributed by atoms with Gasteiger partial charge in [0.05, 0.1) is 17.5 Å². The summed E-state index contributed by atoms with van der Waals surface area (Å²) in [6.45, 7) is 0.247. The highest BCUT2D eigenvalue weighted by molar-refractivity contribution is 5.94. The molecule has 0 heterocycles. The number of halogens is 3. The maximum absolute atomic E-state index is 12.6. The Balaban J connectivity index is 1.55. The minimum Gasteiger partial charge on any atom is -0.481 e. The van der Waals surface area contributed by atoms with E-state index in [9.17, 15) is 28.0 Å². The third-order valence-corrected chi connectivity index (χ3v) is 4.84. The van der Waals surface area contributed by atoms with E-state index < -0.39 is 17.7 Å². The first-order valence-corrected chi connectivity index (χ1v) is 10.1. The van der Waals surface area contributed by atoms with E-state index in [0.717, 1.165) is 12.1 Å². The number of benzene rings is 3. The first-order chi connectivity index (χ1) is 16.2. The van der Waals surface area contributed by atoms with E-state index in [0.29, 0.717) is 28.9 Å². The molecule has 34 heavy (non-hydrogen) atoms. The molecule has 0 spiro atoms. The van der Waals surface area contributed by atoms with Crippen molar-refractivity contribution >= 4 is 11.9 Å². The number of amides is 1. The summed E-state index contributed by atoms with van der Waals surface area (Å²) in [4.78, 5) is 23.2. The van der Waals surface area contributed by atoms with E-state index in [1.807, 2.05) is 6.07 Å². The van der Waals surface area contributed by atoms with Crippen LogP contribution >= 0.6 is 0 Å². The number of alkyl halides is 3. The van der Waals surface area contributed by atoms with Crippen molar-refractivity contribution in [2.75, 3.05) is 6.54 Å². The average Bonchev–Trinajstić information content (AvgIpc) is 2.80. The molecule has 3 aromatic rings. The summed E-state index contributed by atoms with van der Waals surface area (Å²) in [5, 5.41) is 20.9. The molecule has 6 nitrogen and oxygen atoms in total. The number of carbonyl (C=O) groups excluding carboxylic acids is 1. The maximum Gasteiger partial charge on any atom is 0.416 e. The Bertz CT molecular complexity index is 1210. The largest absolute Gasteiger partial charge is 0.481 e. The van der Waals surface area contributed by atoms with Crippen LogP contribution in [0.25, 0.3) is 0 Å². The summed E-state index contributed by atoms with van der Waals surface area (Å²) in [5.74, 6) is -0.728. The zero-order valence-corrected chi connectivity index (χ0v) is 17.7. The fraction of sp³-hybridized carbons (Fsp3) is 0.160. The molecule has 2 N–H and O–H groups in total. The molecule has 0 radical (unpaired) electrons. The van der Waals surface area contributed by atoms with Gasteiger partial charge in [-0.25, -0.2) is 0 Å². The highest BCUT2D eigenvalue weighted by Gasteiger charge is 2.29. The summed E-state index contributed by atoms with van der Waals surface area (Å²) in [5.41, 5.74) is 0.959. The smallest absolute Gasteiger partial charge is 0.416 e. The second kappa shape index (κ2) is 10.5. The lowest BCUT2D eigenvalue weighted by atomic mass is 10.1. The van der Waals surface area contributed by atoms with Gasteiger partial charge in [-0.2, -0.15) is 18.4 Å². The molecule has 0 atom stereocenters. The number of nitriles is 1. The molecular weight excluding hydrogens is 449 g/mol. The molecule has 0 saturated heterocycles. The molecule has 9 heteroatoms. The third kappa shape index (κ3) is 6.59. The second-order valence-corrected chi connectivity index (χ2v) is 7.34. The van der Waals surface area contributed by atoms with Crippen LogP contribution < -0.4 is 10.1 Å². The summed E-state index contributed by atoms with van der Waals surface area (Å²) < 4.78 is 43.5. The molecule has 3 aromatic carbocycles. The molecule has 0 aliphatic heterocycles. The van der Waals surface area contributed by atoms with Gasteiger partial charge in [-0.1, -0.05) is 18.2 Å². The predicted octanol–water partition coefficient (Wildman–Crippen LogP) is 4.97. The van der Waals surface area contributed by atoms with Gasteiger partial charge >= 0.3 is 12.1 Å².